The highest BCUT2D eigenvalue weighted by Crippen LogP contribution is 2.19. The summed E-state index contributed by atoms with van der Waals surface area (Å²) < 4.78 is 1.99. The zero-order valence-corrected chi connectivity index (χ0v) is 9.74. The van der Waals surface area contributed by atoms with Gasteiger partial charge in [0, 0.05) is 18.3 Å². The molecule has 0 saturated heterocycles. The first-order valence-corrected chi connectivity index (χ1v) is 5.37. The number of carbonyl (C=O) groups is 1. The second-order valence-corrected chi connectivity index (χ2v) is 3.80. The summed E-state index contributed by atoms with van der Waals surface area (Å²) in [6.07, 6.45) is 2.42. The zero-order chi connectivity index (χ0) is 11.7. The van der Waals surface area contributed by atoms with E-state index in [0.717, 1.165) is 22.7 Å². The van der Waals surface area contributed by atoms with Crippen LogP contribution in [-0.2, 0) is 4.79 Å². The Morgan fingerprint density at radius 1 is 1.50 bits per heavy atom. The summed E-state index contributed by atoms with van der Waals surface area (Å²) in [5, 5.41) is 2.85. The lowest BCUT2D eigenvalue weighted by molar-refractivity contribution is -0.115. The average molecular weight is 217 g/mol. The van der Waals surface area contributed by atoms with Crippen LogP contribution in [0.4, 0.5) is 5.69 Å². The zero-order valence-electron chi connectivity index (χ0n) is 9.74. The number of amides is 1. The Balaban J connectivity index is 2.54. The molecular weight excluding hydrogens is 202 g/mol. The number of rotatable bonds is 2. The Kier molecular flexibility index (Phi) is 2.64. The number of pyridine rings is 1. The molecule has 0 aliphatic carbocycles. The largest absolute Gasteiger partial charge is 0.323 e. The van der Waals surface area contributed by atoms with E-state index in [4.69, 9.17) is 0 Å². The van der Waals surface area contributed by atoms with E-state index in [9.17, 15) is 4.79 Å². The molecule has 0 unspecified atom stereocenters. The molecular formula is C12H15N3O. The number of aromatic nitrogens is 2. The van der Waals surface area contributed by atoms with Crippen molar-refractivity contribution < 1.29 is 4.79 Å². The van der Waals surface area contributed by atoms with Crippen molar-refractivity contribution in [2.75, 3.05) is 5.32 Å². The highest BCUT2D eigenvalue weighted by Gasteiger charge is 2.09. The van der Waals surface area contributed by atoms with Gasteiger partial charge in [-0.15, -0.1) is 0 Å². The molecule has 4 nitrogen and oxygen atoms in total. The van der Waals surface area contributed by atoms with Gasteiger partial charge in [0.1, 0.15) is 0 Å². The van der Waals surface area contributed by atoms with Gasteiger partial charge in [-0.1, -0.05) is 6.92 Å². The number of imidazole rings is 1. The van der Waals surface area contributed by atoms with Crippen molar-refractivity contribution in [3.8, 4) is 0 Å². The summed E-state index contributed by atoms with van der Waals surface area (Å²) in [5.74, 6) is 0.00593. The molecule has 0 spiro atoms. The lowest BCUT2D eigenvalue weighted by Crippen LogP contribution is -2.10. The number of nitrogens with zero attached hydrogens (tertiary/aromatic N) is 2. The first kappa shape index (κ1) is 10.7. The van der Waals surface area contributed by atoms with Crippen LogP contribution in [-0.4, -0.2) is 15.3 Å². The SMILES string of the molecule is CCC(=O)Nc1cccn2c(C)c(C)nc12. The van der Waals surface area contributed by atoms with E-state index in [1.807, 2.05) is 43.5 Å². The Bertz CT molecular complexity index is 542. The molecule has 0 radical (unpaired) electrons. The molecule has 0 aromatic carbocycles. The predicted molar refractivity (Wildman–Crippen MR) is 63.6 cm³/mol. The van der Waals surface area contributed by atoms with Crippen molar-refractivity contribution >= 4 is 17.2 Å². The van der Waals surface area contributed by atoms with E-state index in [0.29, 0.717) is 6.42 Å². The van der Waals surface area contributed by atoms with Gasteiger partial charge < -0.3 is 9.72 Å². The van der Waals surface area contributed by atoms with Crippen LogP contribution in [0.25, 0.3) is 5.65 Å². The van der Waals surface area contributed by atoms with Crippen LogP contribution in [0.1, 0.15) is 24.7 Å². The Morgan fingerprint density at radius 2 is 2.25 bits per heavy atom. The van der Waals surface area contributed by atoms with Crippen molar-refractivity contribution in [1.29, 1.82) is 0 Å². The fourth-order valence-electron chi connectivity index (χ4n) is 1.64. The highest BCUT2D eigenvalue weighted by atomic mass is 16.1. The molecule has 4 heteroatoms. The summed E-state index contributed by atoms with van der Waals surface area (Å²) in [7, 11) is 0. The quantitative estimate of drug-likeness (QED) is 0.839. The number of hydrogen-bond acceptors (Lipinski definition) is 2. The Hall–Kier alpha value is -1.84. The van der Waals surface area contributed by atoms with Crippen molar-refractivity contribution in [3.05, 3.63) is 29.7 Å². The van der Waals surface area contributed by atoms with Gasteiger partial charge in [-0.05, 0) is 26.0 Å². The highest BCUT2D eigenvalue weighted by molar-refractivity contribution is 5.94. The van der Waals surface area contributed by atoms with Crippen LogP contribution in [0.5, 0.6) is 0 Å². The Labute approximate surface area is 94.3 Å². The normalized spacial score (nSPS) is 10.7. The minimum atomic E-state index is 0.00593. The molecule has 0 aliphatic rings. The summed E-state index contributed by atoms with van der Waals surface area (Å²) in [4.78, 5) is 15.8. The van der Waals surface area contributed by atoms with Crippen LogP contribution in [0.2, 0.25) is 0 Å². The summed E-state index contributed by atoms with van der Waals surface area (Å²) in [5.41, 5.74) is 3.66. The summed E-state index contributed by atoms with van der Waals surface area (Å²) in [6.45, 7) is 5.81. The number of fused-ring (bicyclic) bond motifs is 1. The van der Waals surface area contributed by atoms with Gasteiger partial charge in [-0.3, -0.25) is 4.79 Å². The third kappa shape index (κ3) is 1.66. The number of nitrogens with one attached hydrogen (secondary N) is 1. The van der Waals surface area contributed by atoms with Crippen LogP contribution >= 0.6 is 0 Å². The monoisotopic (exact) mass is 217 g/mol. The third-order valence-corrected chi connectivity index (χ3v) is 2.72. The van der Waals surface area contributed by atoms with Crippen molar-refractivity contribution in [3.63, 3.8) is 0 Å². The van der Waals surface area contributed by atoms with Crippen LogP contribution in [0.15, 0.2) is 18.3 Å². The van der Waals surface area contributed by atoms with E-state index in [2.05, 4.69) is 10.3 Å². The van der Waals surface area contributed by atoms with E-state index >= 15 is 0 Å². The molecule has 0 bridgehead atoms. The van der Waals surface area contributed by atoms with Gasteiger partial charge in [0.15, 0.2) is 5.65 Å². The second kappa shape index (κ2) is 3.96. The standard InChI is InChI=1S/C12H15N3O/c1-4-11(16)14-10-6-5-7-15-9(3)8(2)13-12(10)15/h5-7H,4H2,1-3H3,(H,14,16). The lowest BCUT2D eigenvalue weighted by atomic mass is 10.3. The predicted octanol–water partition coefficient (Wildman–Crippen LogP) is 2.30. The topological polar surface area (TPSA) is 46.4 Å². The first-order valence-electron chi connectivity index (χ1n) is 5.37. The van der Waals surface area contributed by atoms with Gasteiger partial charge in [-0.2, -0.15) is 0 Å². The smallest absolute Gasteiger partial charge is 0.224 e. The summed E-state index contributed by atoms with van der Waals surface area (Å²) >= 11 is 0. The van der Waals surface area contributed by atoms with Gasteiger partial charge in [0.25, 0.3) is 0 Å². The molecule has 2 aromatic heterocycles. The second-order valence-electron chi connectivity index (χ2n) is 3.80. The maximum Gasteiger partial charge on any atom is 0.224 e. The van der Waals surface area contributed by atoms with Crippen molar-refractivity contribution in [2.45, 2.75) is 27.2 Å². The molecule has 0 saturated carbocycles. The molecule has 1 N–H and O–H groups in total. The number of carbonyl (C=O) groups excluding carboxylic acids is 1. The molecule has 0 fully saturated rings. The van der Waals surface area contributed by atoms with Crippen LogP contribution < -0.4 is 5.32 Å². The minimum Gasteiger partial charge on any atom is -0.323 e. The third-order valence-electron chi connectivity index (χ3n) is 2.72. The average Bonchev–Trinajstić information content (AvgIpc) is 2.57. The molecule has 0 atom stereocenters. The molecule has 16 heavy (non-hydrogen) atoms. The number of hydrogen-bond donors (Lipinski definition) is 1. The number of anilines is 1. The van der Waals surface area contributed by atoms with E-state index in [1.165, 1.54) is 0 Å². The molecule has 1 amide bonds. The fourth-order valence-corrected chi connectivity index (χ4v) is 1.64. The summed E-state index contributed by atoms with van der Waals surface area (Å²) in [6, 6.07) is 3.78. The van der Waals surface area contributed by atoms with Crippen LogP contribution in [0, 0.1) is 13.8 Å². The van der Waals surface area contributed by atoms with Crippen LogP contribution in [0.3, 0.4) is 0 Å². The van der Waals surface area contributed by atoms with E-state index in [1.54, 1.807) is 0 Å². The Morgan fingerprint density at radius 3 is 2.94 bits per heavy atom. The maximum absolute atomic E-state index is 11.4. The van der Waals surface area contributed by atoms with Crippen molar-refractivity contribution in [1.82, 2.24) is 9.38 Å². The van der Waals surface area contributed by atoms with Gasteiger partial charge >= 0.3 is 0 Å². The number of aryl methyl sites for hydroxylation is 2. The molecule has 84 valence electrons. The van der Waals surface area contributed by atoms with Gasteiger partial charge in [-0.25, -0.2) is 4.98 Å². The first-order chi connectivity index (χ1) is 7.63. The van der Waals surface area contributed by atoms with E-state index in [-0.39, 0.29) is 5.91 Å². The molecule has 0 aliphatic heterocycles. The van der Waals surface area contributed by atoms with Crippen molar-refractivity contribution in [2.24, 2.45) is 0 Å². The lowest BCUT2D eigenvalue weighted by Gasteiger charge is -2.05. The molecule has 2 rings (SSSR count). The molecule has 2 heterocycles. The minimum absolute atomic E-state index is 0.00593. The van der Waals surface area contributed by atoms with Gasteiger partial charge in [0.2, 0.25) is 5.91 Å². The molecule has 2 aromatic rings. The fraction of sp³-hybridized carbons (Fsp3) is 0.333. The van der Waals surface area contributed by atoms with Gasteiger partial charge in [0.05, 0.1) is 11.4 Å². The maximum atomic E-state index is 11.4. The van der Waals surface area contributed by atoms with E-state index < -0.39 is 0 Å².